The van der Waals surface area contributed by atoms with Gasteiger partial charge in [-0.2, -0.15) is 0 Å². The second kappa shape index (κ2) is 9.47. The van der Waals surface area contributed by atoms with Gasteiger partial charge in [-0.15, -0.1) is 11.3 Å². The van der Waals surface area contributed by atoms with Crippen molar-refractivity contribution in [3.8, 4) is 0 Å². The summed E-state index contributed by atoms with van der Waals surface area (Å²) in [4.78, 5) is 49.5. The molecule has 8 heteroatoms. The van der Waals surface area contributed by atoms with Crippen molar-refractivity contribution in [2.24, 2.45) is 5.92 Å². The molecule has 0 atom stereocenters. The summed E-state index contributed by atoms with van der Waals surface area (Å²) in [5.74, 6) is 0.559. The largest absolute Gasteiger partial charge is 0.343 e. The summed E-state index contributed by atoms with van der Waals surface area (Å²) >= 11 is 1.63. The van der Waals surface area contributed by atoms with Crippen molar-refractivity contribution >= 4 is 39.1 Å². The fourth-order valence-electron chi connectivity index (χ4n) is 4.87. The molecule has 0 saturated carbocycles. The summed E-state index contributed by atoms with van der Waals surface area (Å²) < 4.78 is 0. The van der Waals surface area contributed by atoms with Crippen molar-refractivity contribution in [1.29, 1.82) is 0 Å². The van der Waals surface area contributed by atoms with Gasteiger partial charge in [0, 0.05) is 42.4 Å². The standard InChI is InChI=1S/C25H28N4O3S/c30-21(29-14-12-16(13-15-29)23(31)26-17-6-2-1-3-7-17)11-10-20-27-24(32)22-18-8-4-5-9-19(18)33-25(22)28-20/h1-3,6-7,16H,4-5,8-15H2,(H,26,31)(H,27,28,32). The van der Waals surface area contributed by atoms with Gasteiger partial charge in [0.25, 0.3) is 5.56 Å². The maximum absolute atomic E-state index is 12.8. The van der Waals surface area contributed by atoms with Gasteiger partial charge in [0.1, 0.15) is 10.7 Å². The van der Waals surface area contributed by atoms with Crippen molar-refractivity contribution in [1.82, 2.24) is 14.9 Å². The predicted molar refractivity (Wildman–Crippen MR) is 130 cm³/mol. The van der Waals surface area contributed by atoms with Crippen LogP contribution in [0.15, 0.2) is 35.1 Å². The fraction of sp³-hybridized carbons (Fsp3) is 0.440. The van der Waals surface area contributed by atoms with Crippen LogP contribution >= 0.6 is 11.3 Å². The first kappa shape index (κ1) is 21.8. The van der Waals surface area contributed by atoms with Gasteiger partial charge in [-0.05, 0) is 56.2 Å². The Labute approximate surface area is 196 Å². The van der Waals surface area contributed by atoms with Gasteiger partial charge in [-0.25, -0.2) is 4.98 Å². The van der Waals surface area contributed by atoms with E-state index in [9.17, 15) is 14.4 Å². The molecule has 1 aliphatic carbocycles. The van der Waals surface area contributed by atoms with Gasteiger partial charge in [0.05, 0.1) is 5.39 Å². The normalized spacial score (nSPS) is 16.5. The van der Waals surface area contributed by atoms with Crippen molar-refractivity contribution < 1.29 is 9.59 Å². The number of likely N-dealkylation sites (tertiary alicyclic amines) is 1. The summed E-state index contributed by atoms with van der Waals surface area (Å²) in [7, 11) is 0. The molecule has 2 N–H and O–H groups in total. The number of carbonyl (C=O) groups is 2. The van der Waals surface area contributed by atoms with Crippen LogP contribution in [0.2, 0.25) is 0 Å². The lowest BCUT2D eigenvalue weighted by Gasteiger charge is -2.31. The molecule has 0 spiro atoms. The summed E-state index contributed by atoms with van der Waals surface area (Å²) in [6.45, 7) is 1.15. The SMILES string of the molecule is O=C(Nc1ccccc1)C1CCN(C(=O)CCc2nc3sc4c(c3c(=O)[nH]2)CCCC4)CC1. The number of anilines is 1. The third-order valence-electron chi connectivity index (χ3n) is 6.71. The second-order valence-electron chi connectivity index (χ2n) is 8.91. The minimum Gasteiger partial charge on any atom is -0.343 e. The van der Waals surface area contributed by atoms with Gasteiger partial charge in [-0.1, -0.05) is 18.2 Å². The molecular weight excluding hydrogens is 436 g/mol. The minimum atomic E-state index is -0.0838. The number of piperidine rings is 1. The van der Waals surface area contributed by atoms with Crippen LogP contribution in [0.1, 0.15) is 48.4 Å². The van der Waals surface area contributed by atoms with E-state index in [1.165, 1.54) is 16.9 Å². The first-order chi connectivity index (χ1) is 16.1. The Kier molecular flexibility index (Phi) is 6.26. The van der Waals surface area contributed by atoms with Crippen LogP contribution in [0.5, 0.6) is 0 Å². The molecular formula is C25H28N4O3S. The molecule has 1 aliphatic heterocycles. The van der Waals surface area contributed by atoms with Gasteiger partial charge in [0.2, 0.25) is 11.8 Å². The number of hydrogen-bond donors (Lipinski definition) is 2. The summed E-state index contributed by atoms with van der Waals surface area (Å²) in [5.41, 5.74) is 1.90. The van der Waals surface area contributed by atoms with Crippen LogP contribution in [0.25, 0.3) is 10.2 Å². The van der Waals surface area contributed by atoms with Crippen LogP contribution in [0.3, 0.4) is 0 Å². The first-order valence-corrected chi connectivity index (χ1v) is 12.6. The van der Waals surface area contributed by atoms with Crippen LogP contribution in [-0.4, -0.2) is 39.8 Å². The summed E-state index contributed by atoms with van der Waals surface area (Å²) in [5, 5.41) is 3.71. The Hall–Kier alpha value is -3.00. The average Bonchev–Trinajstić information content (AvgIpc) is 3.22. The third-order valence-corrected chi connectivity index (χ3v) is 7.90. The molecule has 1 aromatic carbocycles. The highest BCUT2D eigenvalue weighted by molar-refractivity contribution is 7.18. The van der Waals surface area contributed by atoms with Crippen LogP contribution < -0.4 is 10.9 Å². The minimum absolute atomic E-state index is 0.0158. The third kappa shape index (κ3) is 4.71. The highest BCUT2D eigenvalue weighted by Gasteiger charge is 2.27. The van der Waals surface area contributed by atoms with Crippen molar-refractivity contribution in [2.45, 2.75) is 51.4 Å². The molecule has 7 nitrogen and oxygen atoms in total. The smallest absolute Gasteiger partial charge is 0.259 e. The molecule has 2 aliphatic rings. The number of amides is 2. The molecule has 5 rings (SSSR count). The number of aromatic amines is 1. The Morgan fingerprint density at radius 1 is 1.12 bits per heavy atom. The lowest BCUT2D eigenvalue weighted by atomic mass is 9.95. The number of fused-ring (bicyclic) bond motifs is 3. The molecule has 33 heavy (non-hydrogen) atoms. The van der Waals surface area contributed by atoms with E-state index in [-0.39, 0.29) is 23.3 Å². The van der Waals surface area contributed by atoms with Crippen LogP contribution in [-0.2, 0) is 28.9 Å². The molecule has 2 aromatic heterocycles. The number of hydrogen-bond acceptors (Lipinski definition) is 5. The predicted octanol–water partition coefficient (Wildman–Crippen LogP) is 3.67. The molecule has 2 amide bonds. The molecule has 0 bridgehead atoms. The van der Waals surface area contributed by atoms with Gasteiger partial charge in [0.15, 0.2) is 0 Å². The Morgan fingerprint density at radius 3 is 2.67 bits per heavy atom. The van der Waals surface area contributed by atoms with Gasteiger partial charge in [-0.3, -0.25) is 14.4 Å². The highest BCUT2D eigenvalue weighted by Crippen LogP contribution is 2.33. The molecule has 0 unspecified atom stereocenters. The maximum Gasteiger partial charge on any atom is 0.259 e. The molecule has 3 aromatic rings. The quantitative estimate of drug-likeness (QED) is 0.602. The number of carbonyl (C=O) groups excluding carboxylic acids is 2. The summed E-state index contributed by atoms with van der Waals surface area (Å²) in [6.07, 6.45) is 6.32. The topological polar surface area (TPSA) is 95.2 Å². The number of para-hydroxylation sites is 1. The summed E-state index contributed by atoms with van der Waals surface area (Å²) in [6, 6.07) is 9.44. The van der Waals surface area contributed by atoms with E-state index in [0.717, 1.165) is 35.2 Å². The Morgan fingerprint density at radius 2 is 1.88 bits per heavy atom. The van der Waals surface area contributed by atoms with E-state index in [2.05, 4.69) is 15.3 Å². The number of aryl methyl sites for hydroxylation is 3. The average molecular weight is 465 g/mol. The molecule has 0 radical (unpaired) electrons. The van der Waals surface area contributed by atoms with E-state index in [4.69, 9.17) is 0 Å². The lowest BCUT2D eigenvalue weighted by molar-refractivity contribution is -0.134. The zero-order valence-corrected chi connectivity index (χ0v) is 19.4. The first-order valence-electron chi connectivity index (χ1n) is 11.8. The van der Waals surface area contributed by atoms with Crippen LogP contribution in [0, 0.1) is 5.92 Å². The zero-order valence-electron chi connectivity index (χ0n) is 18.6. The van der Waals surface area contributed by atoms with E-state index in [1.54, 1.807) is 11.3 Å². The van der Waals surface area contributed by atoms with E-state index >= 15 is 0 Å². The highest BCUT2D eigenvalue weighted by atomic mass is 32.1. The van der Waals surface area contributed by atoms with Crippen molar-refractivity contribution in [3.63, 3.8) is 0 Å². The molecule has 1 fully saturated rings. The number of H-pyrrole nitrogens is 1. The number of rotatable bonds is 5. The molecule has 3 heterocycles. The maximum atomic E-state index is 12.8. The number of thiophene rings is 1. The number of nitrogens with one attached hydrogen (secondary N) is 2. The number of nitrogens with zero attached hydrogens (tertiary/aromatic N) is 2. The number of benzene rings is 1. The van der Waals surface area contributed by atoms with E-state index in [1.807, 2.05) is 35.2 Å². The fourth-order valence-corrected chi connectivity index (χ4v) is 6.15. The van der Waals surface area contributed by atoms with Gasteiger partial charge >= 0.3 is 0 Å². The zero-order chi connectivity index (χ0) is 22.8. The number of aromatic nitrogens is 2. The lowest BCUT2D eigenvalue weighted by Crippen LogP contribution is -2.41. The second-order valence-corrected chi connectivity index (χ2v) is 10.00. The van der Waals surface area contributed by atoms with Crippen LogP contribution in [0.4, 0.5) is 5.69 Å². The monoisotopic (exact) mass is 464 g/mol. The van der Waals surface area contributed by atoms with Gasteiger partial charge < -0.3 is 15.2 Å². The molecule has 1 saturated heterocycles. The van der Waals surface area contributed by atoms with Crippen molar-refractivity contribution in [3.05, 3.63) is 57.0 Å². The van der Waals surface area contributed by atoms with E-state index < -0.39 is 0 Å². The Balaban J connectivity index is 1.15. The van der Waals surface area contributed by atoms with E-state index in [0.29, 0.717) is 44.6 Å². The molecule has 172 valence electrons. The van der Waals surface area contributed by atoms with Crippen molar-refractivity contribution in [2.75, 3.05) is 18.4 Å². The Bertz CT molecular complexity index is 1230.